The van der Waals surface area contributed by atoms with Gasteiger partial charge in [-0.05, 0) is 54.2 Å². The quantitative estimate of drug-likeness (QED) is 0.711. The lowest BCUT2D eigenvalue weighted by atomic mass is 9.98. The van der Waals surface area contributed by atoms with Crippen LogP contribution >= 0.6 is 0 Å². The maximum atomic E-state index is 9.04. The van der Waals surface area contributed by atoms with E-state index in [-0.39, 0.29) is 0 Å². The lowest BCUT2D eigenvalue weighted by molar-refractivity contribution is 0.910. The van der Waals surface area contributed by atoms with E-state index < -0.39 is 0 Å². The molecule has 0 aromatic heterocycles. The van der Waals surface area contributed by atoms with E-state index in [1.807, 2.05) is 6.07 Å². The fraction of sp³-hybridized carbons (Fsp3) is 0.500. The topological polar surface area (TPSA) is 23.8 Å². The molecule has 1 aromatic carbocycles. The summed E-state index contributed by atoms with van der Waals surface area (Å²) in [7, 11) is 0. The Balaban J connectivity index is 1.98. The first-order valence-electron chi connectivity index (χ1n) is 5.83. The Bertz CT molecular complexity index is 437. The molecule has 0 N–H and O–H groups in total. The van der Waals surface area contributed by atoms with Gasteiger partial charge in [0.25, 0.3) is 0 Å². The molecule has 0 unspecified atom stereocenters. The highest BCUT2D eigenvalue weighted by Crippen LogP contribution is 2.49. The second kappa shape index (κ2) is 3.10. The molecule has 0 amide bonds. The summed E-state index contributed by atoms with van der Waals surface area (Å²) in [4.78, 5) is 0. The highest BCUT2D eigenvalue weighted by molar-refractivity contribution is 5.45. The molecular weight excluding hydrogens is 182 g/mol. The van der Waals surface area contributed by atoms with Gasteiger partial charge in [0.2, 0.25) is 0 Å². The smallest absolute Gasteiger partial charge is 0.0994 e. The van der Waals surface area contributed by atoms with Crippen molar-refractivity contribution in [3.05, 3.63) is 34.9 Å². The molecule has 2 aliphatic rings. The Labute approximate surface area is 90.7 Å². The molecule has 0 saturated heterocycles. The normalized spacial score (nSPS) is 28.5. The summed E-state index contributed by atoms with van der Waals surface area (Å²) in [6.07, 6.45) is 3.88. The minimum absolute atomic E-state index is 0.689. The Morgan fingerprint density at radius 3 is 2.60 bits per heavy atom. The molecule has 0 spiro atoms. The van der Waals surface area contributed by atoms with E-state index in [4.69, 9.17) is 5.26 Å². The van der Waals surface area contributed by atoms with Gasteiger partial charge in [-0.15, -0.1) is 0 Å². The van der Waals surface area contributed by atoms with Gasteiger partial charge >= 0.3 is 0 Å². The van der Waals surface area contributed by atoms with Crippen molar-refractivity contribution in [3.63, 3.8) is 0 Å². The van der Waals surface area contributed by atoms with Crippen molar-refractivity contribution in [2.45, 2.75) is 38.0 Å². The molecule has 2 fully saturated rings. The van der Waals surface area contributed by atoms with Gasteiger partial charge in [-0.2, -0.15) is 5.26 Å². The van der Waals surface area contributed by atoms with Gasteiger partial charge in [0.1, 0.15) is 0 Å². The Kier molecular flexibility index (Phi) is 1.85. The van der Waals surface area contributed by atoms with Gasteiger partial charge < -0.3 is 0 Å². The van der Waals surface area contributed by atoms with Crippen LogP contribution in [0.4, 0.5) is 0 Å². The van der Waals surface area contributed by atoms with Crippen molar-refractivity contribution in [3.8, 4) is 6.07 Å². The molecule has 3 rings (SSSR count). The van der Waals surface area contributed by atoms with Crippen molar-refractivity contribution in [2.24, 2.45) is 5.92 Å². The molecule has 2 saturated carbocycles. The van der Waals surface area contributed by atoms with Crippen LogP contribution in [0.2, 0.25) is 0 Å². The zero-order valence-electron chi connectivity index (χ0n) is 9.03. The van der Waals surface area contributed by atoms with E-state index in [1.165, 1.54) is 30.4 Å². The highest BCUT2D eigenvalue weighted by atomic mass is 14.4. The molecule has 1 heteroatoms. The molecule has 2 aliphatic carbocycles. The van der Waals surface area contributed by atoms with Gasteiger partial charge in [-0.25, -0.2) is 0 Å². The van der Waals surface area contributed by atoms with Crippen LogP contribution in [0.5, 0.6) is 0 Å². The molecule has 0 heterocycles. The molecule has 0 radical (unpaired) electrons. The van der Waals surface area contributed by atoms with Crippen molar-refractivity contribution in [1.29, 1.82) is 5.26 Å². The number of nitrogens with zero attached hydrogens (tertiary/aromatic N) is 1. The molecule has 2 atom stereocenters. The average Bonchev–Trinajstić information content (AvgIpc) is 3.11. The fourth-order valence-corrected chi connectivity index (χ4v) is 2.43. The lowest BCUT2D eigenvalue weighted by Crippen LogP contribution is -1.90. The van der Waals surface area contributed by atoms with E-state index in [0.29, 0.717) is 5.92 Å². The zero-order chi connectivity index (χ0) is 10.4. The van der Waals surface area contributed by atoms with Crippen LogP contribution in [0.25, 0.3) is 0 Å². The molecule has 0 bridgehead atoms. The number of benzene rings is 1. The first-order chi connectivity index (χ1) is 7.29. The van der Waals surface area contributed by atoms with Crippen molar-refractivity contribution < 1.29 is 0 Å². The fourth-order valence-electron chi connectivity index (χ4n) is 2.43. The predicted octanol–water partition coefficient (Wildman–Crippen LogP) is 3.56. The third-order valence-corrected chi connectivity index (χ3v) is 3.75. The molecule has 76 valence electrons. The van der Waals surface area contributed by atoms with Crippen molar-refractivity contribution in [2.75, 3.05) is 0 Å². The number of hydrogen-bond donors (Lipinski definition) is 0. The first kappa shape index (κ1) is 8.97. The average molecular weight is 197 g/mol. The third-order valence-electron chi connectivity index (χ3n) is 3.75. The van der Waals surface area contributed by atoms with E-state index in [9.17, 15) is 0 Å². The highest BCUT2D eigenvalue weighted by Gasteiger charge is 2.35. The van der Waals surface area contributed by atoms with Crippen molar-refractivity contribution >= 4 is 0 Å². The number of rotatable bonds is 2. The van der Waals surface area contributed by atoms with E-state index in [1.54, 1.807) is 0 Å². The zero-order valence-corrected chi connectivity index (χ0v) is 9.03. The van der Waals surface area contributed by atoms with E-state index in [0.717, 1.165) is 17.4 Å². The first-order valence-corrected chi connectivity index (χ1v) is 5.83. The Morgan fingerprint density at radius 1 is 1.33 bits per heavy atom. The Morgan fingerprint density at radius 2 is 2.07 bits per heavy atom. The van der Waals surface area contributed by atoms with Gasteiger partial charge in [0, 0.05) is 0 Å². The van der Waals surface area contributed by atoms with Gasteiger partial charge in [-0.3, -0.25) is 0 Å². The maximum absolute atomic E-state index is 9.04. The summed E-state index contributed by atoms with van der Waals surface area (Å²) in [6.45, 7) is 2.31. The monoisotopic (exact) mass is 197 g/mol. The molecule has 0 aliphatic heterocycles. The molecule has 15 heavy (non-hydrogen) atoms. The Hall–Kier alpha value is -1.29. The summed E-state index contributed by atoms with van der Waals surface area (Å²) in [5.41, 5.74) is 3.67. The minimum atomic E-state index is 0.689. The van der Waals surface area contributed by atoms with Crippen LogP contribution in [-0.2, 0) is 0 Å². The summed E-state index contributed by atoms with van der Waals surface area (Å²) < 4.78 is 0. The predicted molar refractivity (Wildman–Crippen MR) is 59.7 cm³/mol. The summed E-state index contributed by atoms with van der Waals surface area (Å²) >= 11 is 0. The van der Waals surface area contributed by atoms with Crippen LogP contribution in [0.1, 0.15) is 54.7 Å². The summed E-state index contributed by atoms with van der Waals surface area (Å²) in [6, 6.07) is 8.78. The second-order valence-electron chi connectivity index (χ2n) is 5.05. The second-order valence-corrected chi connectivity index (χ2v) is 5.05. The maximum Gasteiger partial charge on any atom is 0.0994 e. The van der Waals surface area contributed by atoms with Gasteiger partial charge in [0.15, 0.2) is 0 Å². The largest absolute Gasteiger partial charge is 0.192 e. The lowest BCUT2D eigenvalue weighted by Gasteiger charge is -2.05. The molecule has 1 nitrogen and oxygen atoms in total. The molecular formula is C14H15N. The van der Waals surface area contributed by atoms with Crippen LogP contribution in [0, 0.1) is 17.2 Å². The van der Waals surface area contributed by atoms with Crippen LogP contribution in [-0.4, -0.2) is 0 Å². The third kappa shape index (κ3) is 1.55. The summed E-state index contributed by atoms with van der Waals surface area (Å²) in [5.74, 6) is 2.31. The van der Waals surface area contributed by atoms with Crippen molar-refractivity contribution in [1.82, 2.24) is 0 Å². The van der Waals surface area contributed by atoms with E-state index in [2.05, 4.69) is 25.1 Å². The van der Waals surface area contributed by atoms with Crippen LogP contribution in [0.3, 0.4) is 0 Å². The molecule has 1 aromatic rings. The van der Waals surface area contributed by atoms with E-state index >= 15 is 0 Å². The van der Waals surface area contributed by atoms with Crippen LogP contribution in [0.15, 0.2) is 18.2 Å². The number of hydrogen-bond acceptors (Lipinski definition) is 1. The number of nitriles is 1. The minimum Gasteiger partial charge on any atom is -0.192 e. The van der Waals surface area contributed by atoms with Gasteiger partial charge in [0.05, 0.1) is 11.6 Å². The van der Waals surface area contributed by atoms with Gasteiger partial charge in [-0.1, -0.05) is 19.1 Å². The SMILES string of the molecule is C[C@H]1C[C@@H]1c1ccc(C#N)c(C2CC2)c1. The van der Waals surface area contributed by atoms with Crippen LogP contribution < -0.4 is 0 Å². The standard InChI is InChI=1S/C14H15N/c1-9-6-13(9)11-4-5-12(8-15)14(7-11)10-2-3-10/h4-5,7,9-10,13H,2-3,6H2,1H3/t9-,13-/m0/s1. The summed E-state index contributed by atoms with van der Waals surface area (Å²) in [5, 5.41) is 9.04.